The molecule has 1 N–H and O–H groups in total. The molecule has 8 heteroatoms. The molecule has 0 heterocycles. The lowest BCUT2D eigenvalue weighted by atomic mass is 10.1. The Labute approximate surface area is 178 Å². The number of halogens is 1. The monoisotopic (exact) mass is 436 g/mol. The van der Waals surface area contributed by atoms with Gasteiger partial charge in [-0.25, -0.2) is 9.18 Å². The van der Waals surface area contributed by atoms with Crippen molar-refractivity contribution < 1.29 is 21.8 Å². The number of nitrogens with zero attached hydrogens (tertiary/aromatic N) is 1. The van der Waals surface area contributed by atoms with Gasteiger partial charge in [-0.1, -0.05) is 32.0 Å². The SMILES string of the molecule is CC(C)CN(Cc1ccccc1OS(=O)(=O)c1ccc(F)cc1)C(=O)NC(C)(C)C. The van der Waals surface area contributed by atoms with Gasteiger partial charge in [0, 0.05) is 17.6 Å². The van der Waals surface area contributed by atoms with Crippen LogP contribution in [-0.4, -0.2) is 31.4 Å². The standard InChI is InChI=1S/C22H29FN2O4S/c1-16(2)14-25(21(26)24-22(3,4)5)15-17-8-6-7-9-20(17)29-30(27,28)19-12-10-18(23)11-13-19/h6-13,16H,14-15H2,1-5H3,(H,24,26). The molecule has 2 amide bonds. The lowest BCUT2D eigenvalue weighted by molar-refractivity contribution is 0.178. The van der Waals surface area contributed by atoms with E-state index in [9.17, 15) is 17.6 Å². The fraction of sp³-hybridized carbons (Fsp3) is 0.409. The Hall–Kier alpha value is -2.61. The van der Waals surface area contributed by atoms with Crippen LogP contribution in [0.3, 0.4) is 0 Å². The van der Waals surface area contributed by atoms with Gasteiger partial charge in [0.2, 0.25) is 0 Å². The van der Waals surface area contributed by atoms with E-state index in [0.717, 1.165) is 24.3 Å². The first-order valence-electron chi connectivity index (χ1n) is 9.72. The molecule has 0 atom stereocenters. The Balaban J connectivity index is 2.29. The van der Waals surface area contributed by atoms with Crippen molar-refractivity contribution in [3.05, 3.63) is 59.9 Å². The Kier molecular flexibility index (Phi) is 7.47. The summed E-state index contributed by atoms with van der Waals surface area (Å²) in [7, 11) is -4.15. The number of urea groups is 1. The topological polar surface area (TPSA) is 75.7 Å². The molecular formula is C22H29FN2O4S. The zero-order chi connectivity index (χ0) is 22.5. The van der Waals surface area contributed by atoms with Crippen molar-refractivity contribution in [3.8, 4) is 5.75 Å². The molecule has 6 nitrogen and oxygen atoms in total. The first-order chi connectivity index (χ1) is 13.9. The molecule has 0 spiro atoms. The lowest BCUT2D eigenvalue weighted by Gasteiger charge is -2.30. The second-order valence-electron chi connectivity index (χ2n) is 8.55. The molecule has 0 aliphatic rings. The molecule has 0 saturated heterocycles. The number of nitrogens with one attached hydrogen (secondary N) is 1. The van der Waals surface area contributed by atoms with Crippen LogP contribution in [0.4, 0.5) is 9.18 Å². The quantitative estimate of drug-likeness (QED) is 0.646. The smallest absolute Gasteiger partial charge is 0.339 e. The Morgan fingerprint density at radius 2 is 1.70 bits per heavy atom. The zero-order valence-electron chi connectivity index (χ0n) is 18.0. The summed E-state index contributed by atoms with van der Waals surface area (Å²) in [5, 5.41) is 2.94. The van der Waals surface area contributed by atoms with E-state index in [1.165, 1.54) is 6.07 Å². The zero-order valence-corrected chi connectivity index (χ0v) is 18.8. The molecule has 0 unspecified atom stereocenters. The fourth-order valence-electron chi connectivity index (χ4n) is 2.75. The van der Waals surface area contributed by atoms with Gasteiger partial charge < -0.3 is 14.4 Å². The van der Waals surface area contributed by atoms with Gasteiger partial charge in [0.1, 0.15) is 16.5 Å². The van der Waals surface area contributed by atoms with Crippen molar-refractivity contribution in [2.24, 2.45) is 5.92 Å². The van der Waals surface area contributed by atoms with Crippen LogP contribution in [0.5, 0.6) is 5.75 Å². The largest absolute Gasteiger partial charge is 0.379 e. The van der Waals surface area contributed by atoms with Crippen LogP contribution in [0.2, 0.25) is 0 Å². The predicted octanol–water partition coefficient (Wildman–Crippen LogP) is 4.56. The Morgan fingerprint density at radius 3 is 2.27 bits per heavy atom. The number of rotatable bonds is 7. The van der Waals surface area contributed by atoms with Gasteiger partial charge >= 0.3 is 16.1 Å². The molecule has 2 aromatic rings. The van der Waals surface area contributed by atoms with Crippen LogP contribution in [0, 0.1) is 11.7 Å². The van der Waals surface area contributed by atoms with Gasteiger partial charge in [0.25, 0.3) is 0 Å². The highest BCUT2D eigenvalue weighted by atomic mass is 32.2. The molecule has 0 aromatic heterocycles. The fourth-order valence-corrected chi connectivity index (χ4v) is 3.71. The van der Waals surface area contributed by atoms with E-state index in [1.54, 1.807) is 23.1 Å². The van der Waals surface area contributed by atoms with Gasteiger partial charge in [-0.2, -0.15) is 8.42 Å². The molecule has 2 rings (SSSR count). The van der Waals surface area contributed by atoms with E-state index >= 15 is 0 Å². The Bertz CT molecular complexity index is 967. The molecule has 30 heavy (non-hydrogen) atoms. The summed E-state index contributed by atoms with van der Waals surface area (Å²) in [6.07, 6.45) is 0. The molecule has 0 saturated carbocycles. The van der Waals surface area contributed by atoms with E-state index in [2.05, 4.69) is 5.32 Å². The number of benzene rings is 2. The summed E-state index contributed by atoms with van der Waals surface area (Å²) in [5.74, 6) is -0.200. The van der Waals surface area contributed by atoms with Gasteiger partial charge in [-0.05, 0) is 57.0 Å². The predicted molar refractivity (Wildman–Crippen MR) is 114 cm³/mol. The van der Waals surface area contributed by atoms with E-state index in [-0.39, 0.29) is 29.1 Å². The second-order valence-corrected chi connectivity index (χ2v) is 10.1. The second kappa shape index (κ2) is 9.47. The maximum Gasteiger partial charge on any atom is 0.339 e. The molecule has 0 aliphatic heterocycles. The average molecular weight is 437 g/mol. The molecule has 2 aromatic carbocycles. The number of hydrogen-bond donors (Lipinski definition) is 1. The average Bonchev–Trinajstić information content (AvgIpc) is 2.61. The Morgan fingerprint density at radius 1 is 1.10 bits per heavy atom. The number of hydrogen-bond acceptors (Lipinski definition) is 4. The van der Waals surface area contributed by atoms with Crippen molar-refractivity contribution in [1.29, 1.82) is 0 Å². The molecule has 164 valence electrons. The van der Waals surface area contributed by atoms with E-state index < -0.39 is 21.5 Å². The number of amides is 2. The van der Waals surface area contributed by atoms with E-state index in [4.69, 9.17) is 4.18 Å². The minimum absolute atomic E-state index is 0.124. The van der Waals surface area contributed by atoms with E-state index in [0.29, 0.717) is 12.1 Å². The van der Waals surface area contributed by atoms with Crippen LogP contribution in [0.25, 0.3) is 0 Å². The van der Waals surface area contributed by atoms with Crippen molar-refractivity contribution in [1.82, 2.24) is 10.2 Å². The summed E-state index contributed by atoms with van der Waals surface area (Å²) < 4.78 is 43.7. The molecule has 0 bridgehead atoms. The minimum Gasteiger partial charge on any atom is -0.379 e. The third-order valence-electron chi connectivity index (χ3n) is 3.99. The molecule has 0 aliphatic carbocycles. The van der Waals surface area contributed by atoms with Crippen molar-refractivity contribution >= 4 is 16.1 Å². The van der Waals surface area contributed by atoms with E-state index in [1.807, 2.05) is 34.6 Å². The van der Waals surface area contributed by atoms with Gasteiger partial charge in [-0.15, -0.1) is 0 Å². The van der Waals surface area contributed by atoms with Crippen molar-refractivity contribution in [2.75, 3.05) is 6.54 Å². The van der Waals surface area contributed by atoms with Gasteiger partial charge in [0.05, 0.1) is 6.54 Å². The van der Waals surface area contributed by atoms with Crippen LogP contribution in [-0.2, 0) is 16.7 Å². The van der Waals surface area contributed by atoms with Gasteiger partial charge in [-0.3, -0.25) is 0 Å². The van der Waals surface area contributed by atoms with Crippen LogP contribution < -0.4 is 9.50 Å². The summed E-state index contributed by atoms with van der Waals surface area (Å²) in [6.45, 7) is 10.3. The van der Waals surface area contributed by atoms with Gasteiger partial charge in [0.15, 0.2) is 0 Å². The van der Waals surface area contributed by atoms with Crippen LogP contribution >= 0.6 is 0 Å². The number of para-hydroxylation sites is 1. The maximum atomic E-state index is 13.1. The maximum absolute atomic E-state index is 13.1. The summed E-state index contributed by atoms with van der Waals surface area (Å²) in [4.78, 5) is 14.2. The third kappa shape index (κ3) is 7.02. The van der Waals surface area contributed by atoms with Crippen LogP contribution in [0.15, 0.2) is 53.4 Å². The summed E-state index contributed by atoms with van der Waals surface area (Å²) in [5.41, 5.74) is 0.140. The number of carbonyl (C=O) groups is 1. The highest BCUT2D eigenvalue weighted by Crippen LogP contribution is 2.25. The normalized spacial score (nSPS) is 12.0. The number of carbonyl (C=O) groups excluding carboxylic acids is 1. The highest BCUT2D eigenvalue weighted by Gasteiger charge is 2.23. The van der Waals surface area contributed by atoms with Crippen LogP contribution in [0.1, 0.15) is 40.2 Å². The van der Waals surface area contributed by atoms with Crippen molar-refractivity contribution in [2.45, 2.75) is 51.6 Å². The first-order valence-corrected chi connectivity index (χ1v) is 11.1. The molecule has 0 radical (unpaired) electrons. The minimum atomic E-state index is -4.15. The summed E-state index contributed by atoms with van der Waals surface area (Å²) >= 11 is 0. The van der Waals surface area contributed by atoms with Crippen molar-refractivity contribution in [3.63, 3.8) is 0 Å². The lowest BCUT2D eigenvalue weighted by Crippen LogP contribution is -2.49. The molecular weight excluding hydrogens is 407 g/mol. The third-order valence-corrected chi connectivity index (χ3v) is 5.24. The molecule has 0 fully saturated rings. The highest BCUT2D eigenvalue weighted by molar-refractivity contribution is 7.87. The first kappa shape index (κ1) is 23.7. The summed E-state index contributed by atoms with van der Waals surface area (Å²) in [6, 6.07) is 10.8.